The third-order valence-corrected chi connectivity index (χ3v) is 3.57. The standard InChI is InChI=1S/C10H13N3O3S/c14-8(7-6-17-13-12-7)11-10(9(15)16)4-2-1-3-5-10/h6H,1-5H2,(H,11,14)(H,15,16). The zero-order chi connectivity index (χ0) is 12.3. The number of carbonyl (C=O) groups excluding carboxylic acids is 1. The van der Waals surface area contributed by atoms with Gasteiger partial charge in [-0.2, -0.15) is 0 Å². The summed E-state index contributed by atoms with van der Waals surface area (Å²) in [5.74, 6) is -1.42. The average molecular weight is 255 g/mol. The van der Waals surface area contributed by atoms with Crippen molar-refractivity contribution >= 4 is 23.4 Å². The number of aromatic nitrogens is 2. The Hall–Kier alpha value is -1.50. The fourth-order valence-corrected chi connectivity index (χ4v) is 2.53. The Morgan fingerprint density at radius 3 is 2.59 bits per heavy atom. The second-order valence-corrected chi connectivity index (χ2v) is 4.80. The van der Waals surface area contributed by atoms with Crippen molar-refractivity contribution in [1.29, 1.82) is 0 Å². The minimum absolute atomic E-state index is 0.182. The average Bonchev–Trinajstić information content (AvgIpc) is 2.83. The number of hydrogen-bond acceptors (Lipinski definition) is 5. The smallest absolute Gasteiger partial charge is 0.329 e. The third-order valence-electron chi connectivity index (χ3n) is 3.06. The first kappa shape index (κ1) is 12.0. The van der Waals surface area contributed by atoms with Gasteiger partial charge in [0.2, 0.25) is 0 Å². The highest BCUT2D eigenvalue weighted by Crippen LogP contribution is 2.28. The summed E-state index contributed by atoms with van der Waals surface area (Å²) in [6.07, 6.45) is 3.62. The number of nitrogens with one attached hydrogen (secondary N) is 1. The molecule has 0 bridgehead atoms. The lowest BCUT2D eigenvalue weighted by Crippen LogP contribution is -2.55. The lowest BCUT2D eigenvalue weighted by Gasteiger charge is -2.33. The van der Waals surface area contributed by atoms with E-state index in [0.717, 1.165) is 30.8 Å². The predicted octanol–water partition coefficient (Wildman–Crippen LogP) is 1.06. The van der Waals surface area contributed by atoms with Gasteiger partial charge in [0.05, 0.1) is 0 Å². The van der Waals surface area contributed by atoms with Gasteiger partial charge in [-0.05, 0) is 24.4 Å². The van der Waals surface area contributed by atoms with E-state index in [4.69, 9.17) is 0 Å². The van der Waals surface area contributed by atoms with Crippen molar-refractivity contribution in [1.82, 2.24) is 14.9 Å². The molecule has 1 saturated carbocycles. The van der Waals surface area contributed by atoms with Crippen LogP contribution in [0.25, 0.3) is 0 Å². The molecule has 0 aromatic carbocycles. The summed E-state index contributed by atoms with van der Waals surface area (Å²) in [6.45, 7) is 0. The van der Waals surface area contributed by atoms with Crippen LogP contribution in [-0.2, 0) is 4.79 Å². The number of carboxylic acid groups (broad SMARTS) is 1. The highest BCUT2D eigenvalue weighted by atomic mass is 32.1. The summed E-state index contributed by atoms with van der Waals surface area (Å²) in [5.41, 5.74) is -0.944. The molecule has 92 valence electrons. The van der Waals surface area contributed by atoms with Crippen LogP contribution in [0.5, 0.6) is 0 Å². The van der Waals surface area contributed by atoms with Gasteiger partial charge in [-0.3, -0.25) is 4.79 Å². The van der Waals surface area contributed by atoms with Crippen LogP contribution in [0.2, 0.25) is 0 Å². The number of amides is 1. The van der Waals surface area contributed by atoms with Crippen molar-refractivity contribution in [3.8, 4) is 0 Å². The second kappa shape index (κ2) is 4.79. The second-order valence-electron chi connectivity index (χ2n) is 4.19. The lowest BCUT2D eigenvalue weighted by molar-refractivity contribution is -0.145. The van der Waals surface area contributed by atoms with Crippen LogP contribution < -0.4 is 5.32 Å². The van der Waals surface area contributed by atoms with Crippen molar-refractivity contribution in [2.75, 3.05) is 0 Å². The van der Waals surface area contributed by atoms with E-state index in [1.807, 2.05) is 0 Å². The van der Waals surface area contributed by atoms with E-state index in [9.17, 15) is 14.7 Å². The molecule has 7 heteroatoms. The van der Waals surface area contributed by atoms with E-state index in [2.05, 4.69) is 14.9 Å². The summed E-state index contributed by atoms with van der Waals surface area (Å²) in [7, 11) is 0. The molecule has 0 spiro atoms. The first-order chi connectivity index (χ1) is 8.14. The van der Waals surface area contributed by atoms with Crippen molar-refractivity contribution in [3.05, 3.63) is 11.1 Å². The Bertz CT molecular complexity index is 412. The molecule has 0 unspecified atom stereocenters. The van der Waals surface area contributed by atoms with Crippen LogP contribution in [0.1, 0.15) is 42.6 Å². The molecule has 1 aliphatic carbocycles. The molecule has 1 fully saturated rings. The van der Waals surface area contributed by atoms with Crippen LogP contribution in [0.15, 0.2) is 5.38 Å². The van der Waals surface area contributed by atoms with E-state index in [1.54, 1.807) is 0 Å². The number of nitrogens with zero attached hydrogens (tertiary/aromatic N) is 2. The van der Waals surface area contributed by atoms with Crippen LogP contribution in [0.3, 0.4) is 0 Å². The summed E-state index contributed by atoms with van der Waals surface area (Å²) in [6, 6.07) is 0. The zero-order valence-corrected chi connectivity index (χ0v) is 10.00. The van der Waals surface area contributed by atoms with Crippen molar-refractivity contribution in [2.24, 2.45) is 0 Å². The number of aliphatic carboxylic acids is 1. The first-order valence-corrected chi connectivity index (χ1v) is 6.31. The predicted molar refractivity (Wildman–Crippen MR) is 60.8 cm³/mol. The maximum absolute atomic E-state index is 11.8. The number of hydrogen-bond donors (Lipinski definition) is 2. The van der Waals surface area contributed by atoms with Gasteiger partial charge in [0.25, 0.3) is 5.91 Å². The summed E-state index contributed by atoms with van der Waals surface area (Å²) < 4.78 is 3.59. The topological polar surface area (TPSA) is 92.2 Å². The molecule has 1 amide bonds. The van der Waals surface area contributed by atoms with Crippen LogP contribution in [0.4, 0.5) is 0 Å². The minimum Gasteiger partial charge on any atom is -0.480 e. The maximum Gasteiger partial charge on any atom is 0.329 e. The molecule has 17 heavy (non-hydrogen) atoms. The van der Waals surface area contributed by atoms with Crippen LogP contribution in [-0.4, -0.2) is 32.1 Å². The monoisotopic (exact) mass is 255 g/mol. The van der Waals surface area contributed by atoms with E-state index in [-0.39, 0.29) is 5.69 Å². The third kappa shape index (κ3) is 2.44. The summed E-state index contributed by atoms with van der Waals surface area (Å²) in [5, 5.41) is 17.0. The molecular weight excluding hydrogens is 242 g/mol. The first-order valence-electron chi connectivity index (χ1n) is 5.47. The SMILES string of the molecule is O=C(NC1(C(=O)O)CCCCC1)c1csnn1. The van der Waals surface area contributed by atoms with E-state index < -0.39 is 17.4 Å². The normalized spacial score (nSPS) is 18.6. The van der Waals surface area contributed by atoms with Gasteiger partial charge in [-0.25, -0.2) is 4.79 Å². The highest BCUT2D eigenvalue weighted by molar-refractivity contribution is 7.03. The molecule has 6 nitrogen and oxygen atoms in total. The van der Waals surface area contributed by atoms with Crippen molar-refractivity contribution in [2.45, 2.75) is 37.6 Å². The van der Waals surface area contributed by atoms with Gasteiger partial charge >= 0.3 is 5.97 Å². The van der Waals surface area contributed by atoms with Gasteiger partial charge in [-0.15, -0.1) is 5.10 Å². The van der Waals surface area contributed by atoms with E-state index in [0.29, 0.717) is 12.8 Å². The Kier molecular flexibility index (Phi) is 3.37. The van der Waals surface area contributed by atoms with Gasteiger partial charge in [0.1, 0.15) is 5.54 Å². The molecular formula is C10H13N3O3S. The van der Waals surface area contributed by atoms with Crippen molar-refractivity contribution in [3.63, 3.8) is 0 Å². The summed E-state index contributed by atoms with van der Waals surface area (Å²) in [4.78, 5) is 23.1. The van der Waals surface area contributed by atoms with Gasteiger partial charge in [0.15, 0.2) is 5.69 Å². The molecule has 1 aliphatic rings. The molecule has 2 N–H and O–H groups in total. The van der Waals surface area contributed by atoms with Crippen LogP contribution >= 0.6 is 11.5 Å². The highest BCUT2D eigenvalue weighted by Gasteiger charge is 2.41. The minimum atomic E-state index is -1.13. The molecule has 0 radical (unpaired) electrons. The number of carbonyl (C=O) groups is 2. The van der Waals surface area contributed by atoms with E-state index in [1.165, 1.54) is 5.38 Å². The van der Waals surface area contributed by atoms with Crippen LogP contribution in [0, 0.1) is 0 Å². The quantitative estimate of drug-likeness (QED) is 0.842. The zero-order valence-electron chi connectivity index (χ0n) is 9.18. The van der Waals surface area contributed by atoms with E-state index >= 15 is 0 Å². The maximum atomic E-state index is 11.8. The fourth-order valence-electron chi connectivity index (χ4n) is 2.09. The number of rotatable bonds is 3. The molecule has 0 aliphatic heterocycles. The van der Waals surface area contributed by atoms with Gasteiger partial charge in [-0.1, -0.05) is 23.8 Å². The largest absolute Gasteiger partial charge is 0.480 e. The molecule has 1 aromatic rings. The summed E-state index contributed by atoms with van der Waals surface area (Å²) >= 11 is 1.07. The Morgan fingerprint density at radius 2 is 2.06 bits per heavy atom. The Morgan fingerprint density at radius 1 is 1.35 bits per heavy atom. The molecule has 1 aromatic heterocycles. The van der Waals surface area contributed by atoms with Gasteiger partial charge in [0, 0.05) is 5.38 Å². The Labute approximate surface area is 102 Å². The molecule has 1 heterocycles. The molecule has 2 rings (SSSR count). The molecule has 0 atom stereocenters. The number of carboxylic acids is 1. The lowest BCUT2D eigenvalue weighted by atomic mass is 9.81. The van der Waals surface area contributed by atoms with Crippen molar-refractivity contribution < 1.29 is 14.7 Å². The fraction of sp³-hybridized carbons (Fsp3) is 0.600. The molecule has 0 saturated heterocycles. The van der Waals surface area contributed by atoms with Gasteiger partial charge < -0.3 is 10.4 Å². The Balaban J connectivity index is 2.13.